The van der Waals surface area contributed by atoms with Gasteiger partial charge in [0.1, 0.15) is 6.04 Å². The number of carbonyl (C=O) groups is 2. The molecule has 0 spiro atoms. The highest BCUT2D eigenvalue weighted by molar-refractivity contribution is 9.10. The minimum absolute atomic E-state index is 0.135. The average Bonchev–Trinajstić information content (AvgIpc) is 2.33. The molecular weight excluding hydrogens is 336 g/mol. The Morgan fingerprint density at radius 2 is 2.16 bits per heavy atom. The van der Waals surface area contributed by atoms with Crippen LogP contribution in [0.2, 0.25) is 5.02 Å². The van der Waals surface area contributed by atoms with Crippen molar-refractivity contribution < 1.29 is 14.7 Å². The van der Waals surface area contributed by atoms with Gasteiger partial charge in [-0.25, -0.2) is 4.79 Å². The van der Waals surface area contributed by atoms with E-state index in [1.165, 1.54) is 0 Å². The maximum Gasteiger partial charge on any atom is 0.326 e. The predicted octanol–water partition coefficient (Wildman–Crippen LogP) is 2.49. The highest BCUT2D eigenvalue weighted by atomic mass is 79.9. The first-order valence-electron chi connectivity index (χ1n) is 5.65. The van der Waals surface area contributed by atoms with Gasteiger partial charge in [0, 0.05) is 16.7 Å². The van der Waals surface area contributed by atoms with E-state index >= 15 is 0 Å². The molecule has 1 aromatic rings. The zero-order chi connectivity index (χ0) is 14.4. The van der Waals surface area contributed by atoms with Gasteiger partial charge in [0.15, 0.2) is 0 Å². The lowest BCUT2D eigenvalue weighted by atomic mass is 10.2. The number of carboxylic acid groups (broad SMARTS) is 1. The van der Waals surface area contributed by atoms with E-state index in [1.807, 2.05) is 0 Å². The quantitative estimate of drug-likeness (QED) is 0.737. The van der Waals surface area contributed by atoms with Gasteiger partial charge in [-0.1, -0.05) is 11.6 Å². The van der Waals surface area contributed by atoms with Crippen LogP contribution in [-0.4, -0.2) is 29.6 Å². The van der Waals surface area contributed by atoms with Crippen molar-refractivity contribution in [1.29, 1.82) is 0 Å². The Morgan fingerprint density at radius 3 is 2.68 bits per heavy atom. The molecule has 1 amide bonds. The van der Waals surface area contributed by atoms with Gasteiger partial charge in [-0.15, -0.1) is 0 Å². The molecule has 0 bridgehead atoms. The maximum atomic E-state index is 11.4. The molecule has 0 saturated heterocycles. The van der Waals surface area contributed by atoms with Gasteiger partial charge in [-0.2, -0.15) is 0 Å². The van der Waals surface area contributed by atoms with Crippen LogP contribution in [0.15, 0.2) is 22.7 Å². The van der Waals surface area contributed by atoms with Crippen LogP contribution in [0.5, 0.6) is 0 Å². The van der Waals surface area contributed by atoms with Crippen molar-refractivity contribution in [2.24, 2.45) is 0 Å². The molecule has 1 unspecified atom stereocenters. The van der Waals surface area contributed by atoms with Gasteiger partial charge in [-0.3, -0.25) is 4.79 Å². The smallest absolute Gasteiger partial charge is 0.326 e. The number of hydrogen-bond acceptors (Lipinski definition) is 3. The molecular formula is C12H14BrClN2O3. The van der Waals surface area contributed by atoms with Crippen molar-refractivity contribution >= 4 is 45.1 Å². The summed E-state index contributed by atoms with van der Waals surface area (Å²) in [6.45, 7) is 2.25. The van der Waals surface area contributed by atoms with Gasteiger partial charge in [0.25, 0.3) is 0 Å². The molecule has 19 heavy (non-hydrogen) atoms. The number of amides is 1. The lowest BCUT2D eigenvalue weighted by Crippen LogP contribution is -2.36. The van der Waals surface area contributed by atoms with E-state index in [0.29, 0.717) is 21.7 Å². The average molecular weight is 350 g/mol. The Kier molecular flexibility index (Phi) is 6.11. The summed E-state index contributed by atoms with van der Waals surface area (Å²) in [4.78, 5) is 22.5. The van der Waals surface area contributed by atoms with Crippen LogP contribution < -0.4 is 10.6 Å². The maximum absolute atomic E-state index is 11.4. The molecule has 0 aromatic heterocycles. The third-order valence-electron chi connectivity index (χ3n) is 2.32. The van der Waals surface area contributed by atoms with Crippen molar-refractivity contribution in [3.05, 3.63) is 27.7 Å². The van der Waals surface area contributed by atoms with Crippen LogP contribution in [0.3, 0.4) is 0 Å². The summed E-state index contributed by atoms with van der Waals surface area (Å²) in [5.74, 6) is -1.40. The zero-order valence-corrected chi connectivity index (χ0v) is 12.6. The van der Waals surface area contributed by atoms with E-state index in [-0.39, 0.29) is 12.3 Å². The molecule has 104 valence electrons. The zero-order valence-electron chi connectivity index (χ0n) is 10.2. The standard InChI is InChI=1S/C12H14BrClN2O3/c1-2-15-11(17)6-10(12(18)19)16-7-3-4-9(14)8(13)5-7/h3-5,10,16H,2,6H2,1H3,(H,15,17)(H,18,19). The fourth-order valence-corrected chi connectivity index (χ4v) is 1.94. The molecule has 0 heterocycles. The number of nitrogens with one attached hydrogen (secondary N) is 2. The largest absolute Gasteiger partial charge is 0.480 e. The molecule has 0 fully saturated rings. The van der Waals surface area contributed by atoms with Crippen LogP contribution in [0.4, 0.5) is 5.69 Å². The van der Waals surface area contributed by atoms with Crippen LogP contribution in [-0.2, 0) is 9.59 Å². The van der Waals surface area contributed by atoms with Gasteiger partial charge >= 0.3 is 5.97 Å². The Balaban J connectivity index is 2.75. The summed E-state index contributed by atoms with van der Waals surface area (Å²) in [5, 5.41) is 15.0. The van der Waals surface area contributed by atoms with E-state index in [0.717, 1.165) is 0 Å². The normalized spacial score (nSPS) is 11.7. The van der Waals surface area contributed by atoms with Crippen molar-refractivity contribution in [2.45, 2.75) is 19.4 Å². The van der Waals surface area contributed by atoms with Crippen molar-refractivity contribution in [2.75, 3.05) is 11.9 Å². The summed E-state index contributed by atoms with van der Waals surface area (Å²) < 4.78 is 0.654. The summed E-state index contributed by atoms with van der Waals surface area (Å²) in [6.07, 6.45) is -0.135. The fourth-order valence-electron chi connectivity index (χ4n) is 1.44. The molecule has 3 N–H and O–H groups in total. The highest BCUT2D eigenvalue weighted by Crippen LogP contribution is 2.26. The number of anilines is 1. The lowest BCUT2D eigenvalue weighted by Gasteiger charge is -2.15. The minimum Gasteiger partial charge on any atom is -0.480 e. The van der Waals surface area contributed by atoms with E-state index in [4.69, 9.17) is 16.7 Å². The van der Waals surface area contributed by atoms with Crippen molar-refractivity contribution in [1.82, 2.24) is 5.32 Å². The fraction of sp³-hybridized carbons (Fsp3) is 0.333. The second kappa shape index (κ2) is 7.35. The first-order valence-corrected chi connectivity index (χ1v) is 6.82. The molecule has 0 aliphatic carbocycles. The van der Waals surface area contributed by atoms with Gasteiger partial charge in [0.2, 0.25) is 5.91 Å². The number of carbonyl (C=O) groups excluding carboxylic acids is 1. The summed E-state index contributed by atoms with van der Waals surface area (Å²) >= 11 is 9.10. The third-order valence-corrected chi connectivity index (χ3v) is 3.54. The summed E-state index contributed by atoms with van der Waals surface area (Å²) in [5.41, 5.74) is 0.577. The molecule has 1 aromatic carbocycles. The highest BCUT2D eigenvalue weighted by Gasteiger charge is 2.20. The van der Waals surface area contributed by atoms with Crippen molar-refractivity contribution in [3.8, 4) is 0 Å². The van der Waals surface area contributed by atoms with E-state index in [1.54, 1.807) is 25.1 Å². The summed E-state index contributed by atoms with van der Waals surface area (Å²) in [6, 6.07) is 3.97. The predicted molar refractivity (Wildman–Crippen MR) is 77.5 cm³/mol. The molecule has 0 aliphatic heterocycles. The van der Waals surface area contributed by atoms with Crippen LogP contribution in [0.25, 0.3) is 0 Å². The number of benzene rings is 1. The molecule has 0 aliphatic rings. The first-order chi connectivity index (χ1) is 8.93. The number of rotatable bonds is 6. The van der Waals surface area contributed by atoms with Crippen molar-refractivity contribution in [3.63, 3.8) is 0 Å². The van der Waals surface area contributed by atoms with E-state index < -0.39 is 12.0 Å². The SMILES string of the molecule is CCNC(=O)CC(Nc1ccc(Cl)c(Br)c1)C(=O)O. The number of carboxylic acids is 1. The Hall–Kier alpha value is -1.27. The number of aliphatic carboxylic acids is 1. The molecule has 7 heteroatoms. The van der Waals surface area contributed by atoms with Crippen LogP contribution in [0.1, 0.15) is 13.3 Å². The van der Waals surface area contributed by atoms with Crippen LogP contribution in [0, 0.1) is 0 Å². The Morgan fingerprint density at radius 1 is 1.47 bits per heavy atom. The van der Waals surface area contributed by atoms with Crippen LogP contribution >= 0.6 is 27.5 Å². The third kappa shape index (κ3) is 5.08. The van der Waals surface area contributed by atoms with Gasteiger partial charge in [0.05, 0.1) is 11.4 Å². The summed E-state index contributed by atoms with van der Waals surface area (Å²) in [7, 11) is 0. The number of halogens is 2. The topological polar surface area (TPSA) is 78.4 Å². The second-order valence-electron chi connectivity index (χ2n) is 3.82. The molecule has 1 atom stereocenters. The van der Waals surface area contributed by atoms with E-state index in [9.17, 15) is 9.59 Å². The van der Waals surface area contributed by atoms with Gasteiger partial charge < -0.3 is 15.7 Å². The lowest BCUT2D eigenvalue weighted by molar-refractivity contribution is -0.139. The Bertz CT molecular complexity index is 482. The minimum atomic E-state index is -1.09. The molecule has 1 rings (SSSR count). The molecule has 0 saturated carbocycles. The van der Waals surface area contributed by atoms with E-state index in [2.05, 4.69) is 26.6 Å². The number of hydrogen-bond donors (Lipinski definition) is 3. The first kappa shape index (κ1) is 15.8. The molecule has 0 radical (unpaired) electrons. The second-order valence-corrected chi connectivity index (χ2v) is 5.08. The Labute approximate surface area is 124 Å². The van der Waals surface area contributed by atoms with Gasteiger partial charge in [-0.05, 0) is 41.1 Å². The molecule has 5 nitrogen and oxygen atoms in total. The monoisotopic (exact) mass is 348 g/mol.